The second-order valence-corrected chi connectivity index (χ2v) is 2.94. The summed E-state index contributed by atoms with van der Waals surface area (Å²) in [6.07, 6.45) is 4.81. The van der Waals surface area contributed by atoms with E-state index in [1.165, 1.54) is 25.0 Å². The van der Waals surface area contributed by atoms with Crippen molar-refractivity contribution in [1.29, 1.82) is 0 Å². The second kappa shape index (κ2) is 7.45. The third-order valence-corrected chi connectivity index (χ3v) is 1.70. The molecule has 90 valence electrons. The summed E-state index contributed by atoms with van der Waals surface area (Å²) in [6, 6.07) is 0. The van der Waals surface area contributed by atoms with Crippen LogP contribution in [0.1, 0.15) is 13.3 Å². The van der Waals surface area contributed by atoms with Crippen molar-refractivity contribution in [3.63, 3.8) is 0 Å². The largest absolute Gasteiger partial charge is 0.463 e. The molecule has 0 bridgehead atoms. The summed E-state index contributed by atoms with van der Waals surface area (Å²) in [5.74, 6) is -0.958. The van der Waals surface area contributed by atoms with E-state index in [4.69, 9.17) is 18.9 Å². The Kier molecular flexibility index (Phi) is 6.59. The maximum absolute atomic E-state index is 5.23. The van der Waals surface area contributed by atoms with Crippen molar-refractivity contribution in [2.75, 3.05) is 0 Å². The van der Waals surface area contributed by atoms with E-state index in [1.54, 1.807) is 6.92 Å². The molecule has 0 aromatic carbocycles. The molecule has 16 heavy (non-hydrogen) atoms. The molecule has 0 aromatic rings. The number of hydrogen-bond donors (Lipinski definition) is 0. The Hall–Kier alpha value is -1.84. The molecule has 0 aromatic heterocycles. The van der Waals surface area contributed by atoms with E-state index in [0.29, 0.717) is 6.42 Å². The molecule has 0 aliphatic heterocycles. The summed E-state index contributed by atoms with van der Waals surface area (Å²) in [4.78, 5) is 0. The van der Waals surface area contributed by atoms with Crippen LogP contribution in [0.15, 0.2) is 51.4 Å². The molecule has 4 heteroatoms. The van der Waals surface area contributed by atoms with E-state index in [1.807, 2.05) is 0 Å². The number of ether oxygens (including phenoxy) is 4. The predicted molar refractivity (Wildman–Crippen MR) is 61.9 cm³/mol. The van der Waals surface area contributed by atoms with Crippen LogP contribution in [0.3, 0.4) is 0 Å². The molecule has 4 nitrogen and oxygen atoms in total. The molecule has 0 amide bonds. The van der Waals surface area contributed by atoms with Gasteiger partial charge in [-0.1, -0.05) is 26.3 Å². The molecule has 0 atom stereocenters. The number of rotatable bonds is 10. The Balaban J connectivity index is 4.52. The minimum absolute atomic E-state index is 0.295. The average Bonchev–Trinajstić information content (AvgIpc) is 2.18. The molecule has 0 aliphatic rings. The fraction of sp³-hybridized carbons (Fsp3) is 0.333. The van der Waals surface area contributed by atoms with Crippen LogP contribution in [0.4, 0.5) is 0 Å². The van der Waals surface area contributed by atoms with Gasteiger partial charge in [-0.15, -0.1) is 0 Å². The Morgan fingerprint density at radius 3 is 1.69 bits per heavy atom. The van der Waals surface area contributed by atoms with E-state index in [-0.39, 0.29) is 0 Å². The highest BCUT2D eigenvalue weighted by Crippen LogP contribution is 2.22. The van der Waals surface area contributed by atoms with Gasteiger partial charge in [0.1, 0.15) is 0 Å². The average molecular weight is 226 g/mol. The summed E-state index contributed by atoms with van der Waals surface area (Å²) in [5, 5.41) is 0. The van der Waals surface area contributed by atoms with Crippen molar-refractivity contribution >= 4 is 0 Å². The highest BCUT2D eigenvalue weighted by atomic mass is 16.7. The normalized spacial score (nSPS) is 10.1. The van der Waals surface area contributed by atoms with Gasteiger partial charge in [-0.3, -0.25) is 0 Å². The lowest BCUT2D eigenvalue weighted by Crippen LogP contribution is -2.34. The van der Waals surface area contributed by atoms with E-state index in [2.05, 4.69) is 26.3 Å². The van der Waals surface area contributed by atoms with Crippen LogP contribution >= 0.6 is 0 Å². The fourth-order valence-electron chi connectivity index (χ4n) is 1.12. The van der Waals surface area contributed by atoms with Crippen molar-refractivity contribution in [2.45, 2.75) is 25.4 Å². The van der Waals surface area contributed by atoms with E-state index < -0.39 is 12.1 Å². The highest BCUT2D eigenvalue weighted by molar-refractivity contribution is 4.74. The minimum atomic E-state index is -0.958. The molecular weight excluding hydrogens is 208 g/mol. The van der Waals surface area contributed by atoms with Crippen LogP contribution in [0.5, 0.6) is 0 Å². The molecule has 0 spiro atoms. The van der Waals surface area contributed by atoms with Crippen molar-refractivity contribution in [3.8, 4) is 0 Å². The van der Waals surface area contributed by atoms with E-state index in [9.17, 15) is 0 Å². The zero-order valence-electron chi connectivity index (χ0n) is 9.56. The molecule has 0 heterocycles. The van der Waals surface area contributed by atoms with Gasteiger partial charge >= 0.3 is 0 Å². The van der Waals surface area contributed by atoms with Crippen molar-refractivity contribution in [3.05, 3.63) is 51.4 Å². The summed E-state index contributed by atoms with van der Waals surface area (Å²) in [5.41, 5.74) is 0. The van der Waals surface area contributed by atoms with Crippen molar-refractivity contribution in [2.24, 2.45) is 0 Å². The first-order chi connectivity index (χ1) is 7.61. The Morgan fingerprint density at radius 2 is 1.38 bits per heavy atom. The molecule has 0 rings (SSSR count). The van der Waals surface area contributed by atoms with Gasteiger partial charge < -0.3 is 18.9 Å². The summed E-state index contributed by atoms with van der Waals surface area (Å²) in [7, 11) is 0. The zero-order valence-corrected chi connectivity index (χ0v) is 9.56. The van der Waals surface area contributed by atoms with Crippen LogP contribution < -0.4 is 0 Å². The van der Waals surface area contributed by atoms with Crippen LogP contribution in [-0.4, -0.2) is 12.1 Å². The summed E-state index contributed by atoms with van der Waals surface area (Å²) in [6.45, 7) is 15.5. The zero-order chi connectivity index (χ0) is 12.4. The van der Waals surface area contributed by atoms with Crippen molar-refractivity contribution in [1.82, 2.24) is 0 Å². The maximum atomic E-state index is 5.23. The third-order valence-electron chi connectivity index (χ3n) is 1.70. The lowest BCUT2D eigenvalue weighted by Gasteiger charge is -2.30. The first-order valence-electron chi connectivity index (χ1n) is 4.72. The predicted octanol–water partition coefficient (Wildman–Crippen LogP) is 3.06. The minimum Gasteiger partial charge on any atom is -0.463 e. The molecule has 0 radical (unpaired) electrons. The number of hydrogen-bond acceptors (Lipinski definition) is 4. The van der Waals surface area contributed by atoms with Crippen LogP contribution in [0.25, 0.3) is 0 Å². The first kappa shape index (κ1) is 14.2. The van der Waals surface area contributed by atoms with Gasteiger partial charge in [0.05, 0.1) is 31.5 Å². The molecular formula is C12H18O4. The van der Waals surface area contributed by atoms with Gasteiger partial charge in [0, 0.05) is 6.92 Å². The molecule has 0 saturated heterocycles. The Morgan fingerprint density at radius 1 is 0.938 bits per heavy atom. The quantitative estimate of drug-likeness (QED) is 0.424. The first-order valence-corrected chi connectivity index (χ1v) is 4.72. The van der Waals surface area contributed by atoms with Crippen LogP contribution in [-0.2, 0) is 18.9 Å². The van der Waals surface area contributed by atoms with Gasteiger partial charge in [0.2, 0.25) is 6.29 Å². The van der Waals surface area contributed by atoms with E-state index in [0.717, 1.165) is 0 Å². The lowest BCUT2D eigenvalue weighted by molar-refractivity contribution is -0.206. The Labute approximate surface area is 96.4 Å². The second-order valence-electron chi connectivity index (χ2n) is 2.94. The monoisotopic (exact) mass is 226 g/mol. The van der Waals surface area contributed by atoms with Gasteiger partial charge in [-0.05, 0) is 0 Å². The molecule has 0 unspecified atom stereocenters. The van der Waals surface area contributed by atoms with Gasteiger partial charge in [0.15, 0.2) is 0 Å². The van der Waals surface area contributed by atoms with Crippen LogP contribution in [0.2, 0.25) is 0 Å². The standard InChI is InChI=1S/C12H18O4/c1-6-13-11(14-7-2)10-12(5,15-8-3)16-9-4/h6-9,11H,1-4,10H2,5H3. The third kappa shape index (κ3) is 5.14. The topological polar surface area (TPSA) is 36.9 Å². The lowest BCUT2D eigenvalue weighted by atomic mass is 10.2. The van der Waals surface area contributed by atoms with Gasteiger partial charge in [-0.25, -0.2) is 0 Å². The smallest absolute Gasteiger partial charge is 0.253 e. The highest BCUT2D eigenvalue weighted by Gasteiger charge is 2.31. The maximum Gasteiger partial charge on any atom is 0.253 e. The van der Waals surface area contributed by atoms with Crippen LogP contribution in [0, 0.1) is 0 Å². The molecule has 0 fully saturated rings. The fourth-order valence-corrected chi connectivity index (χ4v) is 1.12. The molecule has 0 aliphatic carbocycles. The SMILES string of the molecule is C=COC(CC(C)(OC=C)OC=C)OC=C. The van der Waals surface area contributed by atoms with Gasteiger partial charge in [-0.2, -0.15) is 0 Å². The molecule has 0 saturated carbocycles. The van der Waals surface area contributed by atoms with Gasteiger partial charge in [0.25, 0.3) is 5.79 Å². The summed E-state index contributed by atoms with van der Waals surface area (Å²) < 4.78 is 20.7. The Bertz CT molecular complexity index is 227. The summed E-state index contributed by atoms with van der Waals surface area (Å²) >= 11 is 0. The molecule has 0 N–H and O–H groups in total. The van der Waals surface area contributed by atoms with E-state index >= 15 is 0 Å². The van der Waals surface area contributed by atoms with Crippen molar-refractivity contribution < 1.29 is 18.9 Å².